The van der Waals surface area contributed by atoms with Crippen molar-refractivity contribution in [2.24, 2.45) is 4.99 Å². The lowest BCUT2D eigenvalue weighted by Gasteiger charge is -2.07. The average Bonchev–Trinajstić information content (AvgIpc) is 2.74. The average molecular weight is 355 g/mol. The Morgan fingerprint density at radius 1 is 0.852 bits per heavy atom. The highest BCUT2D eigenvalue weighted by molar-refractivity contribution is 5.80. The van der Waals surface area contributed by atoms with Gasteiger partial charge in [0.05, 0.1) is 12.5 Å². The maximum Gasteiger partial charge on any atom is 0.137 e. The number of hydrogen-bond donors (Lipinski definition) is 0. The second-order valence-corrected chi connectivity index (χ2v) is 6.34. The first-order valence-corrected chi connectivity index (χ1v) is 9.05. The highest BCUT2D eigenvalue weighted by Gasteiger charge is 2.07. The maximum atomic E-state index is 6.14. The molecule has 3 heteroatoms. The summed E-state index contributed by atoms with van der Waals surface area (Å²) in [6.07, 6.45) is 0.902. The first kappa shape index (κ1) is 17.1. The molecule has 0 saturated heterocycles. The molecule has 0 N–H and O–H groups in total. The van der Waals surface area contributed by atoms with E-state index in [1.54, 1.807) is 7.11 Å². The van der Waals surface area contributed by atoms with Gasteiger partial charge in [0.25, 0.3) is 0 Å². The van der Waals surface area contributed by atoms with E-state index in [-0.39, 0.29) is 0 Å². The summed E-state index contributed by atoms with van der Waals surface area (Å²) in [7, 11) is 1.67. The number of ether oxygens (including phenoxy) is 1. The molecule has 4 rings (SSSR count). The predicted octanol–water partition coefficient (Wildman–Crippen LogP) is 5.25. The molecule has 0 amide bonds. The van der Waals surface area contributed by atoms with E-state index in [9.17, 15) is 0 Å². The molecule has 0 aliphatic heterocycles. The summed E-state index contributed by atoms with van der Waals surface area (Å²) in [5.74, 6) is 1.61. The van der Waals surface area contributed by atoms with Gasteiger partial charge in [-0.1, -0.05) is 60.7 Å². The van der Waals surface area contributed by atoms with E-state index in [0.29, 0.717) is 6.54 Å². The lowest BCUT2D eigenvalue weighted by atomic mass is 10.1. The van der Waals surface area contributed by atoms with E-state index in [2.05, 4.69) is 24.3 Å². The SMILES string of the molecule is COc1ccc2oc(-c3ccccc3)cc(=NCCc3ccccc3)c2c1. The summed E-state index contributed by atoms with van der Waals surface area (Å²) in [6, 6.07) is 28.4. The van der Waals surface area contributed by atoms with Crippen molar-refractivity contribution in [2.45, 2.75) is 6.42 Å². The van der Waals surface area contributed by atoms with Crippen LogP contribution in [0, 0.1) is 0 Å². The Balaban J connectivity index is 1.78. The lowest BCUT2D eigenvalue weighted by molar-refractivity contribution is 0.415. The van der Waals surface area contributed by atoms with Crippen molar-refractivity contribution < 1.29 is 9.15 Å². The molecule has 0 fully saturated rings. The van der Waals surface area contributed by atoms with Gasteiger partial charge in [-0.25, -0.2) is 0 Å². The summed E-state index contributed by atoms with van der Waals surface area (Å²) in [4.78, 5) is 4.88. The van der Waals surface area contributed by atoms with Crippen molar-refractivity contribution in [2.75, 3.05) is 13.7 Å². The standard InChI is InChI=1S/C24H21NO2/c1-26-20-12-13-23-21(16-20)22(25-15-14-18-8-4-2-5-9-18)17-24(27-23)19-10-6-3-7-11-19/h2-13,16-17H,14-15H2,1H3. The topological polar surface area (TPSA) is 34.7 Å². The Bertz CT molecular complexity index is 1100. The van der Waals surface area contributed by atoms with Gasteiger partial charge >= 0.3 is 0 Å². The summed E-state index contributed by atoms with van der Waals surface area (Å²) in [6.45, 7) is 0.717. The molecule has 1 aromatic heterocycles. The number of fused-ring (bicyclic) bond motifs is 1. The molecule has 0 aliphatic rings. The molecule has 0 radical (unpaired) electrons. The van der Waals surface area contributed by atoms with Gasteiger partial charge in [0.1, 0.15) is 17.1 Å². The Morgan fingerprint density at radius 2 is 1.59 bits per heavy atom. The minimum absolute atomic E-state index is 0.717. The van der Waals surface area contributed by atoms with Crippen LogP contribution in [-0.4, -0.2) is 13.7 Å². The van der Waals surface area contributed by atoms with Crippen molar-refractivity contribution in [1.82, 2.24) is 0 Å². The molecule has 4 aromatic rings. The summed E-state index contributed by atoms with van der Waals surface area (Å²) in [5, 5.41) is 1.88. The van der Waals surface area contributed by atoms with Crippen LogP contribution in [0.2, 0.25) is 0 Å². The molecule has 1 heterocycles. The molecule has 0 spiro atoms. The van der Waals surface area contributed by atoms with Crippen molar-refractivity contribution in [3.8, 4) is 17.1 Å². The molecular weight excluding hydrogens is 334 g/mol. The molecule has 3 aromatic carbocycles. The highest BCUT2D eigenvalue weighted by Crippen LogP contribution is 2.24. The monoisotopic (exact) mass is 355 g/mol. The van der Waals surface area contributed by atoms with Crippen LogP contribution < -0.4 is 10.1 Å². The predicted molar refractivity (Wildman–Crippen MR) is 109 cm³/mol. The summed E-state index contributed by atoms with van der Waals surface area (Å²) < 4.78 is 11.5. The first-order chi connectivity index (χ1) is 13.3. The normalized spacial score (nSPS) is 11.7. The molecule has 134 valence electrons. The molecule has 27 heavy (non-hydrogen) atoms. The number of nitrogens with zero attached hydrogens (tertiary/aromatic N) is 1. The van der Waals surface area contributed by atoms with Gasteiger partial charge in [0.2, 0.25) is 0 Å². The van der Waals surface area contributed by atoms with Crippen LogP contribution in [0.5, 0.6) is 5.75 Å². The van der Waals surface area contributed by atoms with Crippen LogP contribution in [0.4, 0.5) is 0 Å². The van der Waals surface area contributed by atoms with Crippen LogP contribution >= 0.6 is 0 Å². The third kappa shape index (κ3) is 3.93. The van der Waals surface area contributed by atoms with E-state index < -0.39 is 0 Å². The third-order valence-corrected chi connectivity index (χ3v) is 4.53. The fourth-order valence-electron chi connectivity index (χ4n) is 3.10. The third-order valence-electron chi connectivity index (χ3n) is 4.53. The highest BCUT2D eigenvalue weighted by atomic mass is 16.5. The minimum atomic E-state index is 0.717. The quantitative estimate of drug-likeness (QED) is 0.490. The number of methoxy groups -OCH3 is 1. The van der Waals surface area contributed by atoms with Gasteiger partial charge < -0.3 is 9.15 Å². The molecular formula is C24H21NO2. The van der Waals surface area contributed by atoms with Gasteiger partial charge in [-0.05, 0) is 30.2 Å². The number of hydrogen-bond acceptors (Lipinski definition) is 3. The van der Waals surface area contributed by atoms with E-state index in [1.165, 1.54) is 5.56 Å². The number of benzene rings is 3. The van der Waals surface area contributed by atoms with Gasteiger partial charge in [-0.3, -0.25) is 4.99 Å². The van der Waals surface area contributed by atoms with Crippen molar-refractivity contribution >= 4 is 11.0 Å². The number of rotatable bonds is 5. The molecule has 0 unspecified atom stereocenters. The summed E-state index contributed by atoms with van der Waals surface area (Å²) in [5.41, 5.74) is 3.12. The van der Waals surface area contributed by atoms with E-state index in [0.717, 1.165) is 39.8 Å². The molecule has 0 atom stereocenters. The zero-order chi connectivity index (χ0) is 18.5. The largest absolute Gasteiger partial charge is 0.497 e. The Kier molecular flexibility index (Phi) is 5.01. The fraction of sp³-hybridized carbons (Fsp3) is 0.125. The van der Waals surface area contributed by atoms with Crippen molar-refractivity contribution in [3.63, 3.8) is 0 Å². The first-order valence-electron chi connectivity index (χ1n) is 9.05. The Labute approximate surface area is 158 Å². The van der Waals surface area contributed by atoms with Crippen LogP contribution in [0.3, 0.4) is 0 Å². The fourth-order valence-corrected chi connectivity index (χ4v) is 3.10. The van der Waals surface area contributed by atoms with Gasteiger partial charge in [-0.2, -0.15) is 0 Å². The lowest BCUT2D eigenvalue weighted by Crippen LogP contribution is -2.06. The van der Waals surface area contributed by atoms with Gasteiger partial charge in [0, 0.05) is 23.6 Å². The van der Waals surface area contributed by atoms with Crippen LogP contribution in [0.1, 0.15) is 5.56 Å². The van der Waals surface area contributed by atoms with Crippen molar-refractivity contribution in [1.29, 1.82) is 0 Å². The second-order valence-electron chi connectivity index (χ2n) is 6.34. The molecule has 0 saturated carbocycles. The van der Waals surface area contributed by atoms with Crippen LogP contribution in [-0.2, 0) is 6.42 Å². The molecule has 3 nitrogen and oxygen atoms in total. The van der Waals surface area contributed by atoms with Gasteiger partial charge in [0.15, 0.2) is 0 Å². The zero-order valence-electron chi connectivity index (χ0n) is 15.3. The van der Waals surface area contributed by atoms with E-state index in [1.807, 2.05) is 60.7 Å². The minimum Gasteiger partial charge on any atom is -0.497 e. The molecule has 0 aliphatic carbocycles. The van der Waals surface area contributed by atoms with Crippen LogP contribution in [0.25, 0.3) is 22.3 Å². The van der Waals surface area contributed by atoms with E-state index in [4.69, 9.17) is 14.1 Å². The van der Waals surface area contributed by atoms with Crippen molar-refractivity contribution in [3.05, 3.63) is 95.8 Å². The summed E-state index contributed by atoms with van der Waals surface area (Å²) >= 11 is 0. The second kappa shape index (κ2) is 7.92. The Morgan fingerprint density at radius 3 is 2.33 bits per heavy atom. The maximum absolute atomic E-state index is 6.14. The molecule has 0 bridgehead atoms. The van der Waals surface area contributed by atoms with E-state index >= 15 is 0 Å². The van der Waals surface area contributed by atoms with Crippen LogP contribution in [0.15, 0.2) is 94.3 Å². The van der Waals surface area contributed by atoms with Gasteiger partial charge in [-0.15, -0.1) is 0 Å². The Hall–Kier alpha value is -3.33. The zero-order valence-corrected chi connectivity index (χ0v) is 15.3. The smallest absolute Gasteiger partial charge is 0.137 e.